The first-order valence-electron chi connectivity index (χ1n) is 6.22. The molecule has 106 valence electrons. The van der Waals surface area contributed by atoms with E-state index in [1.165, 1.54) is 7.11 Å². The zero-order chi connectivity index (χ0) is 14.7. The van der Waals surface area contributed by atoms with E-state index in [2.05, 4.69) is 0 Å². The Morgan fingerprint density at radius 3 is 2.45 bits per heavy atom. The van der Waals surface area contributed by atoms with E-state index in [-0.39, 0.29) is 30.0 Å². The molecule has 0 heterocycles. The van der Waals surface area contributed by atoms with Gasteiger partial charge >= 0.3 is 5.97 Å². The van der Waals surface area contributed by atoms with Gasteiger partial charge in [-0.3, -0.25) is 4.79 Å². The molecule has 5 nitrogen and oxygen atoms in total. The van der Waals surface area contributed by atoms with Crippen molar-refractivity contribution in [2.45, 2.75) is 18.8 Å². The number of Topliss-reactive ketones (excluding diaryl/α,β-unsaturated/α-hetero) is 1. The number of hydrogen-bond donors (Lipinski definition) is 1. The van der Waals surface area contributed by atoms with Crippen molar-refractivity contribution in [2.75, 3.05) is 14.2 Å². The molecule has 0 aliphatic heterocycles. The number of allylic oxidation sites excluding steroid dienone is 1. The van der Waals surface area contributed by atoms with E-state index in [9.17, 15) is 14.7 Å². The number of rotatable bonds is 3. The maximum absolute atomic E-state index is 11.8. The van der Waals surface area contributed by atoms with Gasteiger partial charge in [0.05, 0.1) is 26.2 Å². The maximum Gasteiger partial charge on any atom is 0.337 e. The highest BCUT2D eigenvalue weighted by Gasteiger charge is 2.34. The van der Waals surface area contributed by atoms with Gasteiger partial charge in [0.1, 0.15) is 17.3 Å². The van der Waals surface area contributed by atoms with Crippen LogP contribution in [0, 0.1) is 0 Å². The molecule has 0 radical (unpaired) electrons. The fourth-order valence-electron chi connectivity index (χ4n) is 2.38. The molecule has 5 heteroatoms. The molecule has 1 aromatic rings. The lowest BCUT2D eigenvalue weighted by Gasteiger charge is -2.24. The van der Waals surface area contributed by atoms with Gasteiger partial charge in [0.2, 0.25) is 0 Å². The Labute approximate surface area is 116 Å². The molecule has 1 aromatic carbocycles. The SMILES string of the molecule is COC(=O)C1=C(O)CC(=O)C[C@@H]1c1ccc(OC)cc1. The highest BCUT2D eigenvalue weighted by atomic mass is 16.5. The Bertz CT molecular complexity index is 556. The van der Waals surface area contributed by atoms with Gasteiger partial charge in [-0.25, -0.2) is 4.79 Å². The molecule has 0 saturated heterocycles. The molecule has 1 atom stereocenters. The van der Waals surface area contributed by atoms with Gasteiger partial charge in [0, 0.05) is 12.3 Å². The van der Waals surface area contributed by atoms with Crippen LogP contribution in [0.25, 0.3) is 0 Å². The largest absolute Gasteiger partial charge is 0.511 e. The third-order valence-electron chi connectivity index (χ3n) is 3.38. The quantitative estimate of drug-likeness (QED) is 0.856. The molecule has 0 unspecified atom stereocenters. The lowest BCUT2D eigenvalue weighted by atomic mass is 9.81. The van der Waals surface area contributed by atoms with E-state index in [0.717, 1.165) is 5.56 Å². The van der Waals surface area contributed by atoms with Crippen LogP contribution in [0.1, 0.15) is 24.3 Å². The van der Waals surface area contributed by atoms with Gasteiger partial charge in [0.25, 0.3) is 0 Å². The van der Waals surface area contributed by atoms with Crippen molar-refractivity contribution >= 4 is 11.8 Å². The first kappa shape index (κ1) is 14.1. The van der Waals surface area contributed by atoms with E-state index < -0.39 is 11.9 Å². The van der Waals surface area contributed by atoms with Crippen LogP contribution in [0.2, 0.25) is 0 Å². The third kappa shape index (κ3) is 2.66. The summed E-state index contributed by atoms with van der Waals surface area (Å²) < 4.78 is 9.77. The number of aliphatic hydroxyl groups excluding tert-OH is 1. The number of benzene rings is 1. The molecule has 0 saturated carbocycles. The Kier molecular flexibility index (Phi) is 4.08. The van der Waals surface area contributed by atoms with Crippen LogP contribution < -0.4 is 4.74 Å². The average Bonchev–Trinajstić information content (AvgIpc) is 2.46. The second-order valence-corrected chi connectivity index (χ2v) is 4.60. The van der Waals surface area contributed by atoms with Crippen LogP contribution in [-0.4, -0.2) is 31.1 Å². The van der Waals surface area contributed by atoms with Gasteiger partial charge in [-0.2, -0.15) is 0 Å². The Hall–Kier alpha value is -2.30. The summed E-state index contributed by atoms with van der Waals surface area (Å²) in [5.41, 5.74) is 0.933. The highest BCUT2D eigenvalue weighted by molar-refractivity contribution is 5.96. The lowest BCUT2D eigenvalue weighted by molar-refractivity contribution is -0.137. The van der Waals surface area contributed by atoms with Gasteiger partial charge in [-0.05, 0) is 17.7 Å². The molecule has 0 aromatic heterocycles. The summed E-state index contributed by atoms with van der Waals surface area (Å²) in [4.78, 5) is 23.5. The Morgan fingerprint density at radius 1 is 1.25 bits per heavy atom. The van der Waals surface area contributed by atoms with Crippen molar-refractivity contribution in [3.63, 3.8) is 0 Å². The topological polar surface area (TPSA) is 72.8 Å². The monoisotopic (exact) mass is 276 g/mol. The van der Waals surface area contributed by atoms with Crippen LogP contribution in [0.3, 0.4) is 0 Å². The molecule has 1 aliphatic carbocycles. The molecule has 1 aliphatic rings. The van der Waals surface area contributed by atoms with Crippen LogP contribution in [0.15, 0.2) is 35.6 Å². The number of carbonyl (C=O) groups is 2. The Balaban J connectivity index is 2.42. The highest BCUT2D eigenvalue weighted by Crippen LogP contribution is 2.36. The predicted molar refractivity (Wildman–Crippen MR) is 71.6 cm³/mol. The van der Waals surface area contributed by atoms with E-state index in [1.54, 1.807) is 31.4 Å². The predicted octanol–water partition coefficient (Wildman–Crippen LogP) is 2.13. The third-order valence-corrected chi connectivity index (χ3v) is 3.38. The first-order valence-corrected chi connectivity index (χ1v) is 6.22. The van der Waals surface area contributed by atoms with Gasteiger partial charge < -0.3 is 14.6 Å². The summed E-state index contributed by atoms with van der Waals surface area (Å²) in [5, 5.41) is 9.91. The number of esters is 1. The molecular weight excluding hydrogens is 260 g/mol. The van der Waals surface area contributed by atoms with Gasteiger partial charge in [-0.1, -0.05) is 12.1 Å². The maximum atomic E-state index is 11.8. The van der Waals surface area contributed by atoms with Crippen molar-refractivity contribution in [3.05, 3.63) is 41.2 Å². The number of methoxy groups -OCH3 is 2. The van der Waals surface area contributed by atoms with Crippen molar-refractivity contribution < 1.29 is 24.2 Å². The molecular formula is C15H16O5. The second-order valence-electron chi connectivity index (χ2n) is 4.60. The molecule has 20 heavy (non-hydrogen) atoms. The van der Waals surface area contributed by atoms with Crippen molar-refractivity contribution in [1.29, 1.82) is 0 Å². The van der Waals surface area contributed by atoms with Crippen molar-refractivity contribution in [2.24, 2.45) is 0 Å². The van der Waals surface area contributed by atoms with Crippen molar-refractivity contribution in [3.8, 4) is 5.75 Å². The number of ether oxygens (including phenoxy) is 2. The average molecular weight is 276 g/mol. The first-order chi connectivity index (χ1) is 9.56. The molecule has 0 bridgehead atoms. The van der Waals surface area contributed by atoms with Crippen LogP contribution >= 0.6 is 0 Å². The molecule has 1 N–H and O–H groups in total. The summed E-state index contributed by atoms with van der Waals surface area (Å²) in [6, 6.07) is 7.05. The normalized spacial score (nSPS) is 18.9. The zero-order valence-electron chi connectivity index (χ0n) is 11.4. The lowest BCUT2D eigenvalue weighted by Crippen LogP contribution is -2.24. The van der Waals surface area contributed by atoms with Crippen LogP contribution in [0.5, 0.6) is 5.75 Å². The fourth-order valence-corrected chi connectivity index (χ4v) is 2.38. The second kappa shape index (κ2) is 5.77. The van der Waals surface area contributed by atoms with E-state index in [1.807, 2.05) is 0 Å². The standard InChI is InChI=1S/C15H16O5/c1-19-11-5-3-9(4-6-11)12-7-10(16)8-13(17)14(12)15(18)20-2/h3-6,12,17H,7-8H2,1-2H3/t12-/m1/s1. The summed E-state index contributed by atoms with van der Waals surface area (Å²) in [7, 11) is 2.81. The minimum atomic E-state index is -0.601. The summed E-state index contributed by atoms with van der Waals surface area (Å²) in [6.45, 7) is 0. The molecule has 2 rings (SSSR count). The van der Waals surface area contributed by atoms with E-state index in [0.29, 0.717) is 5.75 Å². The number of carbonyl (C=O) groups excluding carboxylic acids is 2. The number of aliphatic hydroxyl groups is 1. The summed E-state index contributed by atoms with van der Waals surface area (Å²) in [6.07, 6.45) is 0.0674. The van der Waals surface area contributed by atoms with Gasteiger partial charge in [0.15, 0.2) is 0 Å². The van der Waals surface area contributed by atoms with Crippen LogP contribution in [0.4, 0.5) is 0 Å². The minimum Gasteiger partial charge on any atom is -0.511 e. The number of ketones is 1. The van der Waals surface area contributed by atoms with Crippen molar-refractivity contribution in [1.82, 2.24) is 0 Å². The van der Waals surface area contributed by atoms with Gasteiger partial charge in [-0.15, -0.1) is 0 Å². The van der Waals surface area contributed by atoms with E-state index >= 15 is 0 Å². The Morgan fingerprint density at radius 2 is 1.90 bits per heavy atom. The zero-order valence-corrected chi connectivity index (χ0v) is 11.4. The fraction of sp³-hybridized carbons (Fsp3) is 0.333. The summed E-state index contributed by atoms with van der Waals surface area (Å²) >= 11 is 0. The molecule has 0 spiro atoms. The van der Waals surface area contributed by atoms with E-state index in [4.69, 9.17) is 9.47 Å². The molecule has 0 fully saturated rings. The number of hydrogen-bond acceptors (Lipinski definition) is 5. The molecule has 0 amide bonds. The smallest absolute Gasteiger partial charge is 0.337 e. The minimum absolute atomic E-state index is 0.101. The van der Waals surface area contributed by atoms with Crippen LogP contribution in [-0.2, 0) is 14.3 Å². The summed E-state index contributed by atoms with van der Waals surface area (Å²) in [5.74, 6) is -0.695.